The average Bonchev–Trinajstić information content (AvgIpc) is 2.69. The maximum Gasteiger partial charge on any atom is 0.263 e. The van der Waals surface area contributed by atoms with Gasteiger partial charge in [-0.1, -0.05) is 48.0 Å². The lowest BCUT2D eigenvalue weighted by atomic mass is 10.0. The Morgan fingerprint density at radius 1 is 0.846 bits per heavy atom. The second-order valence-corrected chi connectivity index (χ2v) is 6.32. The zero-order chi connectivity index (χ0) is 18.1. The molecule has 0 saturated heterocycles. The summed E-state index contributed by atoms with van der Waals surface area (Å²) in [5.41, 5.74) is 3.86. The Morgan fingerprint density at radius 3 is 2.23 bits per heavy atom. The number of pyridine rings is 1. The molecule has 0 aliphatic carbocycles. The van der Waals surface area contributed by atoms with Crippen LogP contribution >= 0.6 is 0 Å². The Morgan fingerprint density at radius 2 is 1.54 bits per heavy atom. The molecule has 1 aromatic heterocycles. The third-order valence-electron chi connectivity index (χ3n) is 4.61. The van der Waals surface area contributed by atoms with Crippen LogP contribution in [0, 0.1) is 6.92 Å². The van der Waals surface area contributed by atoms with Crippen LogP contribution in [0.25, 0.3) is 27.7 Å². The highest BCUT2D eigenvalue weighted by molar-refractivity contribution is 5.86. The van der Waals surface area contributed by atoms with E-state index in [1.807, 2.05) is 48.5 Å². The van der Waals surface area contributed by atoms with Crippen LogP contribution in [-0.4, -0.2) is 11.7 Å². The average molecular weight is 341 g/mol. The molecule has 0 saturated carbocycles. The number of nitrogens with zero attached hydrogens (tertiary/aromatic N) is 1. The molecular formula is C23H19NO2. The molecule has 0 atom stereocenters. The summed E-state index contributed by atoms with van der Waals surface area (Å²) < 4.78 is 7.02. The van der Waals surface area contributed by atoms with Gasteiger partial charge < -0.3 is 4.74 Å². The number of benzene rings is 3. The molecule has 4 rings (SSSR count). The Kier molecular flexibility index (Phi) is 4.05. The molecule has 0 fully saturated rings. The second kappa shape index (κ2) is 6.52. The molecule has 1 heterocycles. The van der Waals surface area contributed by atoms with Gasteiger partial charge in [-0.25, -0.2) is 0 Å². The van der Waals surface area contributed by atoms with Crippen molar-refractivity contribution in [3.63, 3.8) is 0 Å². The first-order valence-electron chi connectivity index (χ1n) is 8.53. The van der Waals surface area contributed by atoms with E-state index >= 15 is 0 Å². The fourth-order valence-corrected chi connectivity index (χ4v) is 3.18. The normalized spacial score (nSPS) is 10.8. The summed E-state index contributed by atoms with van der Waals surface area (Å²) in [6.07, 6.45) is 0. The minimum absolute atomic E-state index is 0.0242. The number of aryl methyl sites for hydroxylation is 1. The SMILES string of the molecule is COc1ccc(-n2c(-c3ccc(C)cc3)cc3ccccc3c2=O)cc1. The minimum Gasteiger partial charge on any atom is -0.497 e. The van der Waals surface area contributed by atoms with Crippen molar-refractivity contribution in [1.82, 2.24) is 4.57 Å². The third-order valence-corrected chi connectivity index (χ3v) is 4.61. The largest absolute Gasteiger partial charge is 0.497 e. The predicted molar refractivity (Wildman–Crippen MR) is 106 cm³/mol. The maximum absolute atomic E-state index is 13.3. The van der Waals surface area contributed by atoms with E-state index < -0.39 is 0 Å². The predicted octanol–water partition coefficient (Wildman–Crippen LogP) is 4.97. The molecule has 0 spiro atoms. The van der Waals surface area contributed by atoms with E-state index in [1.165, 1.54) is 5.56 Å². The summed E-state index contributed by atoms with van der Waals surface area (Å²) in [4.78, 5) is 13.3. The van der Waals surface area contributed by atoms with E-state index in [0.29, 0.717) is 5.39 Å². The quantitative estimate of drug-likeness (QED) is 0.526. The van der Waals surface area contributed by atoms with Crippen molar-refractivity contribution in [2.75, 3.05) is 7.11 Å². The molecule has 0 radical (unpaired) electrons. The Balaban J connectivity index is 2.04. The Hall–Kier alpha value is -3.33. The van der Waals surface area contributed by atoms with Gasteiger partial charge in [0.15, 0.2) is 0 Å². The van der Waals surface area contributed by atoms with Crippen LogP contribution in [0.15, 0.2) is 83.7 Å². The van der Waals surface area contributed by atoms with Crippen LogP contribution in [-0.2, 0) is 0 Å². The molecule has 0 bridgehead atoms. The third kappa shape index (κ3) is 2.78. The monoisotopic (exact) mass is 341 g/mol. The standard InChI is InChI=1S/C23H19NO2/c1-16-7-9-17(10-8-16)22-15-18-5-3-4-6-21(18)23(25)24(22)19-11-13-20(26-2)14-12-19/h3-15H,1-2H3. The van der Waals surface area contributed by atoms with Gasteiger partial charge in [0.1, 0.15) is 5.75 Å². The lowest BCUT2D eigenvalue weighted by Gasteiger charge is -2.15. The van der Waals surface area contributed by atoms with Crippen molar-refractivity contribution in [2.24, 2.45) is 0 Å². The van der Waals surface area contributed by atoms with Crippen LogP contribution in [0.2, 0.25) is 0 Å². The summed E-state index contributed by atoms with van der Waals surface area (Å²) in [5, 5.41) is 1.65. The zero-order valence-electron chi connectivity index (χ0n) is 14.8. The van der Waals surface area contributed by atoms with Crippen molar-refractivity contribution in [2.45, 2.75) is 6.92 Å². The highest BCUT2D eigenvalue weighted by Gasteiger charge is 2.12. The van der Waals surface area contributed by atoms with Gasteiger partial charge in [-0.2, -0.15) is 0 Å². The fraction of sp³-hybridized carbons (Fsp3) is 0.0870. The molecule has 0 aliphatic rings. The smallest absolute Gasteiger partial charge is 0.263 e. The molecular weight excluding hydrogens is 322 g/mol. The summed E-state index contributed by atoms with van der Waals surface area (Å²) in [6, 6.07) is 25.6. The van der Waals surface area contributed by atoms with Crippen molar-refractivity contribution >= 4 is 10.8 Å². The van der Waals surface area contributed by atoms with E-state index in [-0.39, 0.29) is 5.56 Å². The van der Waals surface area contributed by atoms with E-state index in [1.54, 1.807) is 11.7 Å². The Labute approximate surface area is 152 Å². The topological polar surface area (TPSA) is 31.2 Å². The summed E-state index contributed by atoms with van der Waals surface area (Å²) >= 11 is 0. The van der Waals surface area contributed by atoms with E-state index in [4.69, 9.17) is 4.74 Å². The number of fused-ring (bicyclic) bond motifs is 1. The van der Waals surface area contributed by atoms with Crippen molar-refractivity contribution < 1.29 is 4.74 Å². The van der Waals surface area contributed by atoms with E-state index in [0.717, 1.165) is 28.1 Å². The van der Waals surface area contributed by atoms with Crippen LogP contribution in [0.1, 0.15) is 5.56 Å². The molecule has 0 amide bonds. The molecule has 3 nitrogen and oxygen atoms in total. The molecule has 26 heavy (non-hydrogen) atoms. The molecule has 3 heteroatoms. The number of hydrogen-bond donors (Lipinski definition) is 0. The van der Waals surface area contributed by atoms with Gasteiger partial charge in [0, 0.05) is 11.1 Å². The lowest BCUT2D eigenvalue weighted by molar-refractivity contribution is 0.414. The van der Waals surface area contributed by atoms with Crippen LogP contribution in [0.4, 0.5) is 0 Å². The Bertz CT molecular complexity index is 1120. The van der Waals surface area contributed by atoms with Crippen molar-refractivity contribution in [3.05, 3.63) is 94.8 Å². The first-order valence-corrected chi connectivity index (χ1v) is 8.53. The van der Waals surface area contributed by atoms with Gasteiger partial charge >= 0.3 is 0 Å². The number of methoxy groups -OCH3 is 1. The van der Waals surface area contributed by atoms with Gasteiger partial charge in [-0.15, -0.1) is 0 Å². The highest BCUT2D eigenvalue weighted by atomic mass is 16.5. The van der Waals surface area contributed by atoms with Crippen LogP contribution in [0.5, 0.6) is 5.75 Å². The van der Waals surface area contributed by atoms with Gasteiger partial charge in [0.2, 0.25) is 0 Å². The van der Waals surface area contributed by atoms with Gasteiger partial charge in [-0.05, 0) is 54.3 Å². The van der Waals surface area contributed by atoms with Gasteiger partial charge in [0.25, 0.3) is 5.56 Å². The first-order chi connectivity index (χ1) is 12.7. The number of ether oxygens (including phenoxy) is 1. The first kappa shape index (κ1) is 16.2. The molecule has 0 N–H and O–H groups in total. The van der Waals surface area contributed by atoms with Gasteiger partial charge in [0.05, 0.1) is 12.8 Å². The van der Waals surface area contributed by atoms with Crippen molar-refractivity contribution in [1.29, 1.82) is 0 Å². The molecule has 3 aromatic carbocycles. The van der Waals surface area contributed by atoms with Crippen molar-refractivity contribution in [3.8, 4) is 22.7 Å². The summed E-state index contributed by atoms with van der Waals surface area (Å²) in [7, 11) is 1.63. The molecule has 4 aromatic rings. The molecule has 0 unspecified atom stereocenters. The highest BCUT2D eigenvalue weighted by Crippen LogP contribution is 2.26. The van der Waals surface area contributed by atoms with Crippen LogP contribution < -0.4 is 10.3 Å². The second-order valence-electron chi connectivity index (χ2n) is 6.32. The lowest BCUT2D eigenvalue weighted by Crippen LogP contribution is -2.20. The number of hydrogen-bond acceptors (Lipinski definition) is 2. The number of rotatable bonds is 3. The molecule has 0 aliphatic heterocycles. The van der Waals surface area contributed by atoms with E-state index in [9.17, 15) is 4.79 Å². The zero-order valence-corrected chi connectivity index (χ0v) is 14.8. The number of aromatic nitrogens is 1. The van der Waals surface area contributed by atoms with Crippen LogP contribution in [0.3, 0.4) is 0 Å². The summed E-state index contributed by atoms with van der Waals surface area (Å²) in [5.74, 6) is 0.763. The maximum atomic E-state index is 13.3. The van der Waals surface area contributed by atoms with E-state index in [2.05, 4.69) is 37.3 Å². The molecule has 128 valence electrons. The minimum atomic E-state index is -0.0242. The fourth-order valence-electron chi connectivity index (χ4n) is 3.18. The van der Waals surface area contributed by atoms with Gasteiger partial charge in [-0.3, -0.25) is 9.36 Å². The summed E-state index contributed by atoms with van der Waals surface area (Å²) in [6.45, 7) is 2.06.